The average molecular weight is 297 g/mol. The summed E-state index contributed by atoms with van der Waals surface area (Å²) in [5.74, 6) is -2.77. The van der Waals surface area contributed by atoms with Crippen LogP contribution in [0.15, 0.2) is 18.2 Å². The average Bonchev–Trinajstić information content (AvgIpc) is 2.48. The molecule has 5 nitrogen and oxygen atoms in total. The van der Waals surface area contributed by atoms with Gasteiger partial charge in [0.05, 0.1) is 0 Å². The van der Waals surface area contributed by atoms with E-state index in [1.54, 1.807) is 14.1 Å². The van der Waals surface area contributed by atoms with Gasteiger partial charge >= 0.3 is 0 Å². The minimum Gasteiger partial charge on any atom is -0.347 e. The van der Waals surface area contributed by atoms with Crippen molar-refractivity contribution in [3.63, 3.8) is 0 Å². The van der Waals surface area contributed by atoms with E-state index in [1.165, 1.54) is 15.9 Å². The van der Waals surface area contributed by atoms with Crippen molar-refractivity contribution in [2.45, 2.75) is 6.04 Å². The summed E-state index contributed by atoms with van der Waals surface area (Å²) in [7, 11) is 3.22. The quantitative estimate of drug-likeness (QED) is 0.863. The van der Waals surface area contributed by atoms with E-state index >= 15 is 0 Å². The van der Waals surface area contributed by atoms with Crippen LogP contribution in [0.3, 0.4) is 0 Å². The molecule has 1 N–H and O–H groups in total. The molecule has 0 radical (unpaired) electrons. The molecule has 1 fully saturated rings. The molecule has 1 saturated heterocycles. The minimum atomic E-state index is -1.08. The molecule has 7 heteroatoms. The summed E-state index contributed by atoms with van der Waals surface area (Å²) in [5, 5.41) is 3.05. The molecule has 0 aliphatic carbocycles. The first kappa shape index (κ1) is 15.4. The number of halogens is 2. The van der Waals surface area contributed by atoms with Gasteiger partial charge in [0.15, 0.2) is 11.6 Å². The number of benzene rings is 1. The van der Waals surface area contributed by atoms with Crippen LogP contribution in [-0.4, -0.2) is 61.4 Å². The van der Waals surface area contributed by atoms with Crippen molar-refractivity contribution in [3.05, 3.63) is 35.4 Å². The summed E-state index contributed by atoms with van der Waals surface area (Å²) < 4.78 is 26.2. The highest BCUT2D eigenvalue weighted by atomic mass is 19.2. The molecule has 0 bridgehead atoms. The van der Waals surface area contributed by atoms with Crippen LogP contribution < -0.4 is 5.32 Å². The molecule has 2 rings (SSSR count). The number of piperazine rings is 1. The summed E-state index contributed by atoms with van der Waals surface area (Å²) in [4.78, 5) is 27.4. The summed E-state index contributed by atoms with van der Waals surface area (Å²) in [6.07, 6.45) is 0. The van der Waals surface area contributed by atoms with Crippen LogP contribution in [0, 0.1) is 11.6 Å². The summed E-state index contributed by atoms with van der Waals surface area (Å²) >= 11 is 0. The molecule has 1 aromatic rings. The van der Waals surface area contributed by atoms with Crippen LogP contribution in [-0.2, 0) is 4.79 Å². The second kappa shape index (κ2) is 6.17. The normalized spacial score (nSPS) is 18.5. The van der Waals surface area contributed by atoms with Crippen LogP contribution in [0.4, 0.5) is 8.78 Å². The van der Waals surface area contributed by atoms with Gasteiger partial charge in [-0.1, -0.05) is 0 Å². The molecule has 114 valence electrons. The predicted molar refractivity (Wildman–Crippen MR) is 72.7 cm³/mol. The number of carbonyl (C=O) groups is 2. The summed E-state index contributed by atoms with van der Waals surface area (Å²) in [6, 6.07) is 2.35. The van der Waals surface area contributed by atoms with Crippen molar-refractivity contribution in [3.8, 4) is 0 Å². The summed E-state index contributed by atoms with van der Waals surface area (Å²) in [6.45, 7) is 1.22. The Morgan fingerprint density at radius 2 is 2.00 bits per heavy atom. The van der Waals surface area contributed by atoms with Crippen molar-refractivity contribution >= 4 is 11.8 Å². The third kappa shape index (κ3) is 3.18. The fourth-order valence-electron chi connectivity index (χ4n) is 2.26. The molecule has 0 aromatic heterocycles. The first-order valence-corrected chi connectivity index (χ1v) is 6.59. The van der Waals surface area contributed by atoms with Gasteiger partial charge in [-0.15, -0.1) is 0 Å². The molecule has 0 spiro atoms. The van der Waals surface area contributed by atoms with E-state index in [9.17, 15) is 18.4 Å². The van der Waals surface area contributed by atoms with E-state index in [2.05, 4.69) is 5.32 Å². The number of hydrogen-bond donors (Lipinski definition) is 1. The van der Waals surface area contributed by atoms with Crippen LogP contribution >= 0.6 is 0 Å². The van der Waals surface area contributed by atoms with Crippen molar-refractivity contribution < 1.29 is 18.4 Å². The molecule has 0 saturated carbocycles. The van der Waals surface area contributed by atoms with Crippen molar-refractivity contribution in [1.29, 1.82) is 0 Å². The zero-order valence-corrected chi connectivity index (χ0v) is 11.9. The monoisotopic (exact) mass is 297 g/mol. The van der Waals surface area contributed by atoms with Crippen LogP contribution in [0.25, 0.3) is 0 Å². The Bertz CT molecular complexity index is 563. The Kier molecular flexibility index (Phi) is 4.52. The standard InChI is InChI=1S/C14H17F2N3O2/c1-18(2)14(21)12-8-17-5-6-19(12)13(20)9-3-4-10(15)11(16)7-9/h3-4,7,12,17H,5-6,8H2,1-2H3. The van der Waals surface area contributed by atoms with E-state index in [-0.39, 0.29) is 11.5 Å². The van der Waals surface area contributed by atoms with Crippen LogP contribution in [0.1, 0.15) is 10.4 Å². The number of likely N-dealkylation sites (N-methyl/N-ethyl adjacent to an activating group) is 1. The van der Waals surface area contributed by atoms with E-state index in [0.29, 0.717) is 19.6 Å². The fourth-order valence-corrected chi connectivity index (χ4v) is 2.26. The SMILES string of the molecule is CN(C)C(=O)C1CNCCN1C(=O)c1ccc(F)c(F)c1. The lowest BCUT2D eigenvalue weighted by molar-refractivity contribution is -0.134. The van der Waals surface area contributed by atoms with Gasteiger partial charge in [-0.25, -0.2) is 8.78 Å². The third-order valence-electron chi connectivity index (χ3n) is 3.40. The van der Waals surface area contributed by atoms with E-state index in [0.717, 1.165) is 12.1 Å². The Balaban J connectivity index is 2.26. The number of rotatable bonds is 2. The lowest BCUT2D eigenvalue weighted by Gasteiger charge is -2.36. The fraction of sp³-hybridized carbons (Fsp3) is 0.429. The van der Waals surface area contributed by atoms with Gasteiger partial charge in [-0.2, -0.15) is 0 Å². The Morgan fingerprint density at radius 3 is 2.62 bits per heavy atom. The third-order valence-corrected chi connectivity index (χ3v) is 3.40. The molecule has 2 amide bonds. The zero-order valence-electron chi connectivity index (χ0n) is 11.9. The molecule has 1 atom stereocenters. The highest BCUT2D eigenvalue weighted by molar-refractivity contribution is 5.97. The van der Waals surface area contributed by atoms with Gasteiger partial charge in [-0.05, 0) is 18.2 Å². The number of hydrogen-bond acceptors (Lipinski definition) is 3. The number of amides is 2. The van der Waals surface area contributed by atoms with Gasteiger partial charge in [0.1, 0.15) is 6.04 Å². The van der Waals surface area contributed by atoms with Crippen molar-refractivity contribution in [2.75, 3.05) is 33.7 Å². The molecule has 1 aromatic carbocycles. The lowest BCUT2D eigenvalue weighted by Crippen LogP contribution is -2.59. The number of nitrogens with zero attached hydrogens (tertiary/aromatic N) is 2. The van der Waals surface area contributed by atoms with E-state index < -0.39 is 23.6 Å². The lowest BCUT2D eigenvalue weighted by atomic mass is 10.1. The molecular weight excluding hydrogens is 280 g/mol. The Hall–Kier alpha value is -2.02. The summed E-state index contributed by atoms with van der Waals surface area (Å²) in [5.41, 5.74) is 0.0346. The minimum absolute atomic E-state index is 0.0346. The molecule has 1 heterocycles. The zero-order chi connectivity index (χ0) is 15.6. The van der Waals surface area contributed by atoms with Crippen LogP contribution in [0.2, 0.25) is 0 Å². The van der Waals surface area contributed by atoms with Crippen molar-refractivity contribution in [1.82, 2.24) is 15.1 Å². The maximum Gasteiger partial charge on any atom is 0.254 e. The number of carbonyl (C=O) groups excluding carboxylic acids is 2. The van der Waals surface area contributed by atoms with Crippen molar-refractivity contribution in [2.24, 2.45) is 0 Å². The van der Waals surface area contributed by atoms with Gasteiger partial charge in [-0.3, -0.25) is 9.59 Å². The molecule has 1 aliphatic heterocycles. The topological polar surface area (TPSA) is 52.7 Å². The van der Waals surface area contributed by atoms with Gasteiger partial charge in [0.25, 0.3) is 5.91 Å². The Labute approximate surface area is 121 Å². The highest BCUT2D eigenvalue weighted by Crippen LogP contribution is 2.15. The molecule has 21 heavy (non-hydrogen) atoms. The maximum atomic E-state index is 13.3. The molecule has 1 aliphatic rings. The predicted octanol–water partition coefficient (Wildman–Crippen LogP) is 0.467. The van der Waals surface area contributed by atoms with Gasteiger partial charge in [0, 0.05) is 39.3 Å². The van der Waals surface area contributed by atoms with E-state index in [1.807, 2.05) is 0 Å². The maximum absolute atomic E-state index is 13.3. The van der Waals surface area contributed by atoms with Crippen LogP contribution in [0.5, 0.6) is 0 Å². The van der Waals surface area contributed by atoms with Gasteiger partial charge < -0.3 is 15.1 Å². The number of nitrogens with one attached hydrogen (secondary N) is 1. The first-order valence-electron chi connectivity index (χ1n) is 6.59. The largest absolute Gasteiger partial charge is 0.347 e. The second-order valence-electron chi connectivity index (χ2n) is 5.08. The Morgan fingerprint density at radius 1 is 1.29 bits per heavy atom. The molecular formula is C14H17F2N3O2. The highest BCUT2D eigenvalue weighted by Gasteiger charge is 2.33. The molecule has 1 unspecified atom stereocenters. The smallest absolute Gasteiger partial charge is 0.254 e. The van der Waals surface area contributed by atoms with E-state index in [4.69, 9.17) is 0 Å². The van der Waals surface area contributed by atoms with Gasteiger partial charge in [0.2, 0.25) is 5.91 Å². The first-order chi connectivity index (χ1) is 9.91. The second-order valence-corrected chi connectivity index (χ2v) is 5.08.